The van der Waals surface area contributed by atoms with Gasteiger partial charge in [0.15, 0.2) is 0 Å². The summed E-state index contributed by atoms with van der Waals surface area (Å²) < 4.78 is 28.5. The number of para-hydroxylation sites is 1. The zero-order valence-electron chi connectivity index (χ0n) is 22.3. The van der Waals surface area contributed by atoms with Crippen molar-refractivity contribution < 1.29 is 57.6 Å². The minimum Gasteiger partial charge on any atom is -0.736 e. The molecule has 0 spiro atoms. The Kier molecular flexibility index (Phi) is 10.0. The van der Waals surface area contributed by atoms with Gasteiger partial charge in [0.2, 0.25) is 0 Å². The SMILES string of the molecule is CCC(=O)Oc1c(C)cc(C(C)(C)c2cc(C)c(OP(=O)([O-])Oc3ccccc3)c(C)c2)cc1C.[Na+]. The van der Waals surface area contributed by atoms with E-state index in [9.17, 15) is 14.3 Å². The molecule has 3 aromatic carbocycles. The molecule has 0 aliphatic rings. The molecule has 36 heavy (non-hydrogen) atoms. The van der Waals surface area contributed by atoms with E-state index in [1.807, 2.05) is 52.0 Å². The minimum absolute atomic E-state index is 0. The van der Waals surface area contributed by atoms with Crippen LogP contribution in [0.1, 0.15) is 60.6 Å². The largest absolute Gasteiger partial charge is 1.00 e. The maximum atomic E-state index is 12.5. The van der Waals surface area contributed by atoms with E-state index in [4.69, 9.17) is 13.8 Å². The van der Waals surface area contributed by atoms with Crippen LogP contribution in [0.2, 0.25) is 0 Å². The molecule has 0 saturated heterocycles. The van der Waals surface area contributed by atoms with Crippen molar-refractivity contribution in [3.8, 4) is 17.2 Å². The molecule has 0 amide bonds. The second kappa shape index (κ2) is 12.0. The zero-order chi connectivity index (χ0) is 26.0. The molecule has 186 valence electrons. The third-order valence-electron chi connectivity index (χ3n) is 6.03. The van der Waals surface area contributed by atoms with Crippen LogP contribution in [0.4, 0.5) is 0 Å². The Morgan fingerprint density at radius 3 is 1.72 bits per heavy atom. The van der Waals surface area contributed by atoms with Crippen LogP contribution in [0.5, 0.6) is 17.2 Å². The Balaban J connectivity index is 0.00000456. The molecule has 0 saturated carbocycles. The number of phosphoric ester groups is 1. The molecule has 0 radical (unpaired) electrons. The van der Waals surface area contributed by atoms with Crippen molar-refractivity contribution in [2.45, 2.75) is 60.3 Å². The fraction of sp³-hybridized carbons (Fsp3) is 0.321. The van der Waals surface area contributed by atoms with Crippen LogP contribution in [-0.4, -0.2) is 5.97 Å². The zero-order valence-corrected chi connectivity index (χ0v) is 25.2. The molecule has 0 N–H and O–H groups in total. The van der Waals surface area contributed by atoms with E-state index in [-0.39, 0.29) is 47.0 Å². The van der Waals surface area contributed by atoms with Crippen molar-refractivity contribution in [1.82, 2.24) is 0 Å². The number of rotatable bonds is 8. The normalized spacial score (nSPS) is 12.8. The van der Waals surface area contributed by atoms with Crippen molar-refractivity contribution in [3.05, 3.63) is 88.0 Å². The smallest absolute Gasteiger partial charge is 0.736 e. The molecule has 1 atom stereocenters. The predicted octanol–water partition coefficient (Wildman–Crippen LogP) is 3.49. The number of ether oxygens (including phenoxy) is 1. The number of benzene rings is 3. The van der Waals surface area contributed by atoms with Gasteiger partial charge in [0.1, 0.15) is 17.2 Å². The number of esters is 1. The van der Waals surface area contributed by atoms with Gasteiger partial charge in [-0.2, -0.15) is 0 Å². The summed E-state index contributed by atoms with van der Waals surface area (Å²) >= 11 is 0. The van der Waals surface area contributed by atoms with Gasteiger partial charge in [-0.3, -0.25) is 4.79 Å². The standard InChI is InChI=1S/C28H33O6P.Na/c1-8-25(29)32-26-18(2)14-22(15-19(26)3)28(6,7)23-16-20(4)27(21(5)17-23)34-35(30,31)33-24-12-10-9-11-13-24;/h9-17H,8H2,1-7H3,(H,30,31);/q;+1/p-1. The summed E-state index contributed by atoms with van der Waals surface area (Å²) in [6.07, 6.45) is 0.311. The summed E-state index contributed by atoms with van der Waals surface area (Å²) in [6.45, 7) is 13.5. The van der Waals surface area contributed by atoms with Gasteiger partial charge in [0.05, 0.1) is 0 Å². The third-order valence-corrected chi connectivity index (χ3v) is 6.87. The summed E-state index contributed by atoms with van der Waals surface area (Å²) in [4.78, 5) is 24.3. The summed E-state index contributed by atoms with van der Waals surface area (Å²) in [5, 5.41) is 0. The molecular weight excluding hydrogens is 486 g/mol. The van der Waals surface area contributed by atoms with Gasteiger partial charge in [-0.15, -0.1) is 0 Å². The first-order valence-corrected chi connectivity index (χ1v) is 13.0. The van der Waals surface area contributed by atoms with Crippen LogP contribution < -0.4 is 48.2 Å². The Morgan fingerprint density at radius 1 is 0.833 bits per heavy atom. The van der Waals surface area contributed by atoms with E-state index in [1.54, 1.807) is 37.3 Å². The minimum atomic E-state index is -4.63. The number of carbonyl (C=O) groups is 1. The maximum Gasteiger partial charge on any atom is 1.00 e. The Hall–Kier alpha value is -2.08. The number of carbonyl (C=O) groups excluding carboxylic acids is 1. The molecule has 0 aliphatic carbocycles. The summed E-state index contributed by atoms with van der Waals surface area (Å²) in [5.41, 5.74) is 4.78. The van der Waals surface area contributed by atoms with Crippen LogP contribution in [-0.2, 0) is 14.8 Å². The van der Waals surface area contributed by atoms with E-state index in [1.165, 1.54) is 0 Å². The monoisotopic (exact) mass is 518 g/mol. The van der Waals surface area contributed by atoms with Crippen LogP contribution in [0.3, 0.4) is 0 Å². The van der Waals surface area contributed by atoms with Crippen molar-refractivity contribution in [2.24, 2.45) is 0 Å². The van der Waals surface area contributed by atoms with Crippen LogP contribution in [0.25, 0.3) is 0 Å². The Morgan fingerprint density at radius 2 is 1.28 bits per heavy atom. The van der Waals surface area contributed by atoms with E-state index >= 15 is 0 Å². The van der Waals surface area contributed by atoms with Crippen molar-refractivity contribution >= 4 is 13.8 Å². The Bertz CT molecular complexity index is 1240. The average molecular weight is 519 g/mol. The first-order valence-electron chi connectivity index (χ1n) is 11.5. The van der Waals surface area contributed by atoms with Crippen LogP contribution in [0.15, 0.2) is 54.6 Å². The fourth-order valence-corrected chi connectivity index (χ4v) is 4.95. The van der Waals surface area contributed by atoms with E-state index < -0.39 is 13.2 Å². The molecule has 3 aromatic rings. The predicted molar refractivity (Wildman–Crippen MR) is 135 cm³/mol. The van der Waals surface area contributed by atoms with Gasteiger partial charge in [0.25, 0.3) is 0 Å². The number of aryl methyl sites for hydroxylation is 4. The fourth-order valence-electron chi connectivity index (χ4n) is 4.02. The number of hydrogen-bond acceptors (Lipinski definition) is 6. The van der Waals surface area contributed by atoms with Crippen molar-refractivity contribution in [1.29, 1.82) is 0 Å². The van der Waals surface area contributed by atoms with Gasteiger partial charge in [-0.05, 0) is 73.2 Å². The van der Waals surface area contributed by atoms with Gasteiger partial charge >= 0.3 is 43.3 Å². The number of hydrogen-bond donors (Lipinski definition) is 0. The molecule has 0 heterocycles. The average Bonchev–Trinajstić information content (AvgIpc) is 2.78. The van der Waals surface area contributed by atoms with Gasteiger partial charge in [-0.25, -0.2) is 4.57 Å². The summed E-state index contributed by atoms with van der Waals surface area (Å²) in [5.74, 6) is 0.778. The maximum absolute atomic E-state index is 12.5. The quantitative estimate of drug-likeness (QED) is 0.197. The summed E-state index contributed by atoms with van der Waals surface area (Å²) in [7, 11) is -4.63. The molecule has 3 rings (SSSR count). The van der Waals surface area contributed by atoms with E-state index in [0.717, 1.165) is 22.3 Å². The Labute approximate surface area is 235 Å². The third kappa shape index (κ3) is 7.02. The molecule has 0 fully saturated rings. The first-order chi connectivity index (χ1) is 16.3. The second-order valence-corrected chi connectivity index (χ2v) is 10.5. The number of phosphoric acid groups is 1. The first kappa shape index (κ1) is 30.1. The van der Waals surface area contributed by atoms with E-state index in [0.29, 0.717) is 23.3 Å². The molecule has 0 aliphatic heterocycles. The van der Waals surface area contributed by atoms with Gasteiger partial charge in [0, 0.05) is 11.8 Å². The topological polar surface area (TPSA) is 84.9 Å². The molecule has 0 aromatic heterocycles. The summed E-state index contributed by atoms with van der Waals surface area (Å²) in [6, 6.07) is 16.2. The van der Waals surface area contributed by atoms with Crippen molar-refractivity contribution in [3.63, 3.8) is 0 Å². The molecule has 0 bridgehead atoms. The van der Waals surface area contributed by atoms with Crippen molar-refractivity contribution in [2.75, 3.05) is 0 Å². The second-order valence-electron chi connectivity index (χ2n) is 9.27. The molecule has 8 heteroatoms. The molecule has 1 unspecified atom stereocenters. The molecular formula is C28H32NaO6P. The van der Waals surface area contributed by atoms with Crippen LogP contribution >= 0.6 is 7.82 Å². The van der Waals surface area contributed by atoms with E-state index in [2.05, 4.69) is 13.8 Å². The molecule has 6 nitrogen and oxygen atoms in total. The van der Waals surface area contributed by atoms with Crippen LogP contribution in [0, 0.1) is 27.7 Å². The van der Waals surface area contributed by atoms with Gasteiger partial charge in [-0.1, -0.05) is 63.2 Å². The van der Waals surface area contributed by atoms with Gasteiger partial charge < -0.3 is 18.7 Å².